The summed E-state index contributed by atoms with van der Waals surface area (Å²) >= 11 is 0. The van der Waals surface area contributed by atoms with E-state index in [0.29, 0.717) is 30.5 Å². The van der Waals surface area contributed by atoms with Crippen molar-refractivity contribution in [3.63, 3.8) is 0 Å². The Labute approximate surface area is 167 Å². The van der Waals surface area contributed by atoms with Gasteiger partial charge in [0.15, 0.2) is 0 Å². The second-order valence-electron chi connectivity index (χ2n) is 8.06. The number of hydrogen-bond donors (Lipinski definition) is 1. The highest BCUT2D eigenvalue weighted by molar-refractivity contribution is 7.89. The summed E-state index contributed by atoms with van der Waals surface area (Å²) in [6.45, 7) is 9.20. The number of nitrogens with one attached hydrogen (secondary N) is 1. The average molecular weight is 401 g/mol. The molecule has 0 bridgehead atoms. The Morgan fingerprint density at radius 1 is 1.00 bits per heavy atom. The molecule has 1 aliphatic heterocycles. The van der Waals surface area contributed by atoms with Crippen LogP contribution >= 0.6 is 0 Å². The molecule has 1 fully saturated rings. The first-order valence-corrected chi connectivity index (χ1v) is 11.1. The molecule has 2 atom stereocenters. The van der Waals surface area contributed by atoms with Crippen LogP contribution in [0.3, 0.4) is 0 Å². The van der Waals surface area contributed by atoms with Gasteiger partial charge in [-0.25, -0.2) is 8.42 Å². The molecule has 1 heterocycles. The highest BCUT2D eigenvalue weighted by Gasteiger charge is 2.31. The average Bonchev–Trinajstić information content (AvgIpc) is 2.63. The number of nitrogens with zero attached hydrogens (tertiary/aromatic N) is 1. The lowest BCUT2D eigenvalue weighted by Crippen LogP contribution is -2.42. The maximum absolute atomic E-state index is 13.0. The van der Waals surface area contributed by atoms with Crippen molar-refractivity contribution in [2.75, 3.05) is 18.4 Å². The maximum atomic E-state index is 13.0. The zero-order chi connectivity index (χ0) is 20.5. The molecule has 0 aromatic heterocycles. The fourth-order valence-electron chi connectivity index (χ4n) is 3.88. The van der Waals surface area contributed by atoms with Gasteiger partial charge < -0.3 is 5.32 Å². The van der Waals surface area contributed by atoms with Crippen molar-refractivity contribution in [3.8, 4) is 0 Å². The summed E-state index contributed by atoms with van der Waals surface area (Å²) in [7, 11) is -3.54. The first-order chi connectivity index (χ1) is 13.2. The number of hydrogen-bond acceptors (Lipinski definition) is 3. The Balaban J connectivity index is 1.76. The van der Waals surface area contributed by atoms with Crippen molar-refractivity contribution in [3.05, 3.63) is 59.2 Å². The fourth-order valence-corrected chi connectivity index (χ4v) is 5.56. The van der Waals surface area contributed by atoms with Crippen LogP contribution in [0.5, 0.6) is 0 Å². The molecule has 1 N–H and O–H groups in total. The van der Waals surface area contributed by atoms with Crippen LogP contribution in [0.2, 0.25) is 0 Å². The van der Waals surface area contributed by atoms with E-state index in [9.17, 15) is 13.2 Å². The molecule has 1 amide bonds. The molecule has 1 aliphatic rings. The van der Waals surface area contributed by atoms with Crippen molar-refractivity contribution in [2.45, 2.75) is 39.0 Å². The van der Waals surface area contributed by atoms with Gasteiger partial charge in [0.2, 0.25) is 10.0 Å². The standard InChI is InChI=1S/C22H28N2O3S/c1-15-5-10-21(18(4)12-15)23-22(25)19-6-8-20(9-7-19)28(26,27)24-13-16(2)11-17(3)14-24/h5-10,12,16-17H,11,13-14H2,1-4H3,(H,23,25). The Morgan fingerprint density at radius 2 is 1.61 bits per heavy atom. The minimum atomic E-state index is -3.54. The Morgan fingerprint density at radius 3 is 2.18 bits per heavy atom. The number of rotatable bonds is 4. The fraction of sp³-hybridized carbons (Fsp3) is 0.409. The van der Waals surface area contributed by atoms with Gasteiger partial charge in [-0.3, -0.25) is 4.79 Å². The van der Waals surface area contributed by atoms with E-state index < -0.39 is 10.0 Å². The van der Waals surface area contributed by atoms with Crippen molar-refractivity contribution in [1.29, 1.82) is 0 Å². The van der Waals surface area contributed by atoms with Crippen molar-refractivity contribution >= 4 is 21.6 Å². The molecule has 0 aliphatic carbocycles. The van der Waals surface area contributed by atoms with Gasteiger partial charge in [0.05, 0.1) is 4.90 Å². The van der Waals surface area contributed by atoms with Gasteiger partial charge >= 0.3 is 0 Å². The van der Waals surface area contributed by atoms with Gasteiger partial charge in [-0.2, -0.15) is 4.31 Å². The molecule has 5 nitrogen and oxygen atoms in total. The number of sulfonamides is 1. The normalized spacial score (nSPS) is 20.7. The topological polar surface area (TPSA) is 66.5 Å². The molecule has 2 unspecified atom stereocenters. The van der Waals surface area contributed by atoms with Crippen molar-refractivity contribution < 1.29 is 13.2 Å². The lowest BCUT2D eigenvalue weighted by Gasteiger charge is -2.34. The largest absolute Gasteiger partial charge is 0.322 e. The number of anilines is 1. The molecular weight excluding hydrogens is 372 g/mol. The first-order valence-electron chi connectivity index (χ1n) is 9.65. The minimum Gasteiger partial charge on any atom is -0.322 e. The summed E-state index contributed by atoms with van der Waals surface area (Å²) in [6.07, 6.45) is 1.05. The summed E-state index contributed by atoms with van der Waals surface area (Å²) in [4.78, 5) is 12.8. The van der Waals surface area contributed by atoms with E-state index in [2.05, 4.69) is 19.2 Å². The SMILES string of the molecule is Cc1ccc(NC(=O)c2ccc(S(=O)(=O)N3CC(C)CC(C)C3)cc2)c(C)c1. The van der Waals surface area contributed by atoms with E-state index in [1.807, 2.05) is 32.0 Å². The van der Waals surface area contributed by atoms with Crippen LogP contribution in [-0.2, 0) is 10.0 Å². The minimum absolute atomic E-state index is 0.233. The third-order valence-electron chi connectivity index (χ3n) is 5.22. The molecule has 0 spiro atoms. The highest BCUT2D eigenvalue weighted by Crippen LogP contribution is 2.27. The number of amides is 1. The van der Waals surface area contributed by atoms with E-state index in [1.54, 1.807) is 16.4 Å². The van der Waals surface area contributed by atoms with E-state index >= 15 is 0 Å². The van der Waals surface area contributed by atoms with Gasteiger partial charge in [-0.05, 0) is 68.0 Å². The summed E-state index contributed by atoms with van der Waals surface area (Å²) < 4.78 is 27.5. The lowest BCUT2D eigenvalue weighted by molar-refractivity contribution is 0.102. The van der Waals surface area contributed by atoms with Gasteiger partial charge in [0.25, 0.3) is 5.91 Å². The van der Waals surface area contributed by atoms with Crippen LogP contribution in [0.15, 0.2) is 47.4 Å². The third-order valence-corrected chi connectivity index (χ3v) is 7.07. The number of piperidine rings is 1. The molecule has 1 saturated heterocycles. The molecule has 28 heavy (non-hydrogen) atoms. The predicted octanol–water partition coefficient (Wildman–Crippen LogP) is 4.22. The van der Waals surface area contributed by atoms with E-state index in [-0.39, 0.29) is 10.8 Å². The van der Waals surface area contributed by atoms with Crippen LogP contribution in [0.4, 0.5) is 5.69 Å². The van der Waals surface area contributed by atoms with Gasteiger partial charge in [0.1, 0.15) is 0 Å². The van der Waals surface area contributed by atoms with E-state index in [0.717, 1.165) is 23.2 Å². The zero-order valence-corrected chi connectivity index (χ0v) is 17.7. The quantitative estimate of drug-likeness (QED) is 0.835. The number of carbonyl (C=O) groups is 1. The van der Waals surface area contributed by atoms with Crippen LogP contribution < -0.4 is 5.32 Å². The molecule has 2 aromatic carbocycles. The molecule has 6 heteroatoms. The number of carbonyl (C=O) groups excluding carboxylic acids is 1. The molecule has 3 rings (SSSR count). The van der Waals surface area contributed by atoms with E-state index in [4.69, 9.17) is 0 Å². The third kappa shape index (κ3) is 4.45. The van der Waals surface area contributed by atoms with Crippen LogP contribution in [0, 0.1) is 25.7 Å². The maximum Gasteiger partial charge on any atom is 0.255 e. The Bertz CT molecular complexity index is 958. The predicted molar refractivity (Wildman–Crippen MR) is 112 cm³/mol. The number of benzene rings is 2. The zero-order valence-electron chi connectivity index (χ0n) is 16.9. The first kappa shape index (κ1) is 20.6. The van der Waals surface area contributed by atoms with Gasteiger partial charge in [-0.15, -0.1) is 0 Å². The molecular formula is C22H28N2O3S. The van der Waals surface area contributed by atoms with E-state index in [1.165, 1.54) is 12.1 Å². The summed E-state index contributed by atoms with van der Waals surface area (Å²) in [5.74, 6) is 0.443. The molecule has 150 valence electrons. The Kier molecular flexibility index (Phi) is 5.91. The van der Waals surface area contributed by atoms with Crippen LogP contribution in [0.1, 0.15) is 41.8 Å². The summed E-state index contributed by atoms with van der Waals surface area (Å²) in [5.41, 5.74) is 3.30. The summed E-state index contributed by atoms with van der Waals surface area (Å²) in [6, 6.07) is 12.0. The molecule has 2 aromatic rings. The van der Waals surface area contributed by atoms with Gasteiger partial charge in [-0.1, -0.05) is 31.5 Å². The second-order valence-corrected chi connectivity index (χ2v) is 10.0. The van der Waals surface area contributed by atoms with Crippen LogP contribution in [0.25, 0.3) is 0 Å². The smallest absolute Gasteiger partial charge is 0.255 e. The van der Waals surface area contributed by atoms with Crippen molar-refractivity contribution in [2.24, 2.45) is 11.8 Å². The monoisotopic (exact) mass is 400 g/mol. The molecule has 0 saturated carbocycles. The lowest BCUT2D eigenvalue weighted by atomic mass is 9.94. The number of aryl methyl sites for hydroxylation is 2. The second kappa shape index (κ2) is 8.05. The molecule has 0 radical (unpaired) electrons. The Hall–Kier alpha value is -2.18. The summed E-state index contributed by atoms with van der Waals surface area (Å²) in [5, 5.41) is 2.89. The van der Waals surface area contributed by atoms with Crippen molar-refractivity contribution in [1.82, 2.24) is 4.31 Å². The highest BCUT2D eigenvalue weighted by atomic mass is 32.2. The van der Waals surface area contributed by atoms with Crippen LogP contribution in [-0.4, -0.2) is 31.7 Å². The van der Waals surface area contributed by atoms with Gasteiger partial charge in [0, 0.05) is 24.3 Å².